The van der Waals surface area contributed by atoms with Crippen molar-refractivity contribution in [3.05, 3.63) is 35.4 Å². The molecular formula is C21H27ClN4O3. The van der Waals surface area contributed by atoms with E-state index in [1.165, 1.54) is 6.42 Å². The zero-order valence-electron chi connectivity index (χ0n) is 16.4. The molecule has 4 amide bonds. The van der Waals surface area contributed by atoms with Gasteiger partial charge in [0.05, 0.1) is 0 Å². The molecule has 0 saturated carbocycles. The SMILES string of the molecule is Cl.O=C(CN1C(=O)NC2(CCc3ccccc32)C1=O)N1CCC2(CCNC2)CC1. The van der Waals surface area contributed by atoms with E-state index in [1.807, 2.05) is 29.2 Å². The fourth-order valence-corrected chi connectivity index (χ4v) is 5.42. The Kier molecular flexibility index (Phi) is 5.07. The van der Waals surface area contributed by atoms with Gasteiger partial charge in [-0.25, -0.2) is 4.79 Å². The predicted molar refractivity (Wildman–Crippen MR) is 110 cm³/mol. The standard InChI is InChI=1S/C21H26N4O3.ClH/c26-17(24-11-8-20(9-12-24)7-10-22-14-20)13-25-18(27)21(23-19(25)28)6-5-15-3-1-2-4-16(15)21;/h1-4,22H,5-14H2,(H,23,28);1H. The number of rotatable bonds is 2. The van der Waals surface area contributed by atoms with E-state index in [0.29, 0.717) is 24.9 Å². The molecule has 8 heteroatoms. The van der Waals surface area contributed by atoms with E-state index in [-0.39, 0.29) is 30.8 Å². The normalized spacial score (nSPS) is 27.3. The Morgan fingerprint density at radius 2 is 1.83 bits per heavy atom. The van der Waals surface area contributed by atoms with E-state index >= 15 is 0 Å². The number of benzene rings is 1. The summed E-state index contributed by atoms with van der Waals surface area (Å²) in [5, 5.41) is 6.32. The molecule has 3 aliphatic heterocycles. The van der Waals surface area contributed by atoms with Gasteiger partial charge in [-0.2, -0.15) is 0 Å². The molecule has 4 aliphatic rings. The largest absolute Gasteiger partial charge is 0.341 e. The number of imide groups is 1. The number of halogens is 1. The maximum absolute atomic E-state index is 13.2. The molecular weight excluding hydrogens is 392 g/mol. The molecule has 0 bridgehead atoms. The number of amides is 4. The van der Waals surface area contributed by atoms with E-state index in [4.69, 9.17) is 0 Å². The number of piperidine rings is 1. The van der Waals surface area contributed by atoms with Crippen LogP contribution < -0.4 is 10.6 Å². The van der Waals surface area contributed by atoms with Gasteiger partial charge in [-0.1, -0.05) is 24.3 Å². The molecule has 0 aromatic heterocycles. The van der Waals surface area contributed by atoms with E-state index in [2.05, 4.69) is 10.6 Å². The van der Waals surface area contributed by atoms with Crippen LogP contribution in [0.1, 0.15) is 36.8 Å². The first-order valence-electron chi connectivity index (χ1n) is 10.2. The third-order valence-corrected chi connectivity index (χ3v) is 7.22. The van der Waals surface area contributed by atoms with Crippen molar-refractivity contribution >= 4 is 30.3 Å². The number of nitrogens with zero attached hydrogens (tertiary/aromatic N) is 2. The van der Waals surface area contributed by atoms with Crippen molar-refractivity contribution in [2.24, 2.45) is 5.41 Å². The van der Waals surface area contributed by atoms with Gasteiger partial charge in [-0.05, 0) is 55.2 Å². The Hall–Kier alpha value is -2.12. The summed E-state index contributed by atoms with van der Waals surface area (Å²) in [4.78, 5) is 41.5. The van der Waals surface area contributed by atoms with Gasteiger partial charge in [0.2, 0.25) is 5.91 Å². The summed E-state index contributed by atoms with van der Waals surface area (Å²) in [5.41, 5.74) is 1.30. The average molecular weight is 419 g/mol. The average Bonchev–Trinajstić information content (AvgIpc) is 3.37. The number of fused-ring (bicyclic) bond motifs is 2. The molecule has 29 heavy (non-hydrogen) atoms. The van der Waals surface area contributed by atoms with Gasteiger partial charge in [-0.15, -0.1) is 12.4 Å². The summed E-state index contributed by atoms with van der Waals surface area (Å²) in [6.45, 7) is 3.33. The van der Waals surface area contributed by atoms with Crippen molar-refractivity contribution in [2.75, 3.05) is 32.7 Å². The highest BCUT2D eigenvalue weighted by Crippen LogP contribution is 2.41. The number of carbonyl (C=O) groups excluding carboxylic acids is 3. The zero-order chi connectivity index (χ0) is 19.4. The highest BCUT2D eigenvalue weighted by atomic mass is 35.5. The van der Waals surface area contributed by atoms with Gasteiger partial charge >= 0.3 is 6.03 Å². The quantitative estimate of drug-likeness (QED) is 0.711. The van der Waals surface area contributed by atoms with E-state index in [0.717, 1.165) is 48.4 Å². The Bertz CT molecular complexity index is 844. The second-order valence-electron chi connectivity index (χ2n) is 8.69. The molecule has 7 nitrogen and oxygen atoms in total. The van der Waals surface area contributed by atoms with Crippen molar-refractivity contribution < 1.29 is 14.4 Å². The van der Waals surface area contributed by atoms with Crippen LogP contribution in [0.15, 0.2) is 24.3 Å². The van der Waals surface area contributed by atoms with E-state index < -0.39 is 11.6 Å². The smallest absolute Gasteiger partial charge is 0.325 e. The van der Waals surface area contributed by atoms with Crippen LogP contribution in [-0.4, -0.2) is 60.4 Å². The van der Waals surface area contributed by atoms with Crippen molar-refractivity contribution in [3.8, 4) is 0 Å². The fraction of sp³-hybridized carbons (Fsp3) is 0.571. The minimum absolute atomic E-state index is 0. The van der Waals surface area contributed by atoms with Gasteiger partial charge < -0.3 is 15.5 Å². The molecule has 1 aromatic rings. The van der Waals surface area contributed by atoms with Crippen LogP contribution in [0.3, 0.4) is 0 Å². The summed E-state index contributed by atoms with van der Waals surface area (Å²) in [6.07, 6.45) is 4.46. The van der Waals surface area contributed by atoms with Crippen LogP contribution in [0.25, 0.3) is 0 Å². The number of urea groups is 1. The van der Waals surface area contributed by atoms with Crippen molar-refractivity contribution in [2.45, 2.75) is 37.6 Å². The Morgan fingerprint density at radius 1 is 1.07 bits per heavy atom. The Balaban J connectivity index is 0.00000205. The van der Waals surface area contributed by atoms with E-state index in [1.54, 1.807) is 0 Å². The summed E-state index contributed by atoms with van der Waals surface area (Å²) in [6, 6.07) is 7.29. The van der Waals surface area contributed by atoms with Crippen LogP contribution in [0.4, 0.5) is 4.79 Å². The van der Waals surface area contributed by atoms with Crippen LogP contribution in [-0.2, 0) is 21.5 Å². The lowest BCUT2D eigenvalue weighted by Gasteiger charge is -2.39. The minimum atomic E-state index is -0.991. The van der Waals surface area contributed by atoms with Gasteiger partial charge in [0.1, 0.15) is 12.1 Å². The number of nitrogens with one attached hydrogen (secondary N) is 2. The predicted octanol–water partition coefficient (Wildman–Crippen LogP) is 1.40. The molecule has 3 saturated heterocycles. The van der Waals surface area contributed by atoms with Gasteiger partial charge in [0.15, 0.2) is 0 Å². The molecule has 2 N–H and O–H groups in total. The van der Waals surface area contributed by atoms with Crippen LogP contribution in [0.2, 0.25) is 0 Å². The molecule has 5 rings (SSSR count). The highest BCUT2D eigenvalue weighted by molar-refractivity contribution is 6.09. The second-order valence-corrected chi connectivity index (χ2v) is 8.69. The van der Waals surface area contributed by atoms with Crippen LogP contribution in [0, 0.1) is 5.41 Å². The third kappa shape index (κ3) is 3.11. The number of hydrogen-bond acceptors (Lipinski definition) is 4. The van der Waals surface area contributed by atoms with Crippen molar-refractivity contribution in [1.29, 1.82) is 0 Å². The minimum Gasteiger partial charge on any atom is -0.341 e. The second kappa shape index (κ2) is 7.29. The molecule has 1 aromatic carbocycles. The number of likely N-dealkylation sites (tertiary alicyclic amines) is 1. The fourth-order valence-electron chi connectivity index (χ4n) is 5.42. The summed E-state index contributed by atoms with van der Waals surface area (Å²) >= 11 is 0. The maximum atomic E-state index is 13.2. The van der Waals surface area contributed by atoms with Crippen molar-refractivity contribution in [1.82, 2.24) is 20.4 Å². The van der Waals surface area contributed by atoms with Gasteiger partial charge in [0, 0.05) is 19.6 Å². The molecule has 2 spiro atoms. The van der Waals surface area contributed by atoms with E-state index in [9.17, 15) is 14.4 Å². The monoisotopic (exact) mass is 418 g/mol. The summed E-state index contributed by atoms with van der Waals surface area (Å²) < 4.78 is 0. The lowest BCUT2D eigenvalue weighted by atomic mass is 9.78. The topological polar surface area (TPSA) is 81.8 Å². The first kappa shape index (κ1) is 20.2. The Labute approximate surface area is 176 Å². The van der Waals surface area contributed by atoms with Crippen molar-refractivity contribution in [3.63, 3.8) is 0 Å². The van der Waals surface area contributed by atoms with Crippen LogP contribution in [0.5, 0.6) is 0 Å². The lowest BCUT2D eigenvalue weighted by Crippen LogP contribution is -2.49. The molecule has 1 unspecified atom stereocenters. The highest BCUT2D eigenvalue weighted by Gasteiger charge is 2.55. The maximum Gasteiger partial charge on any atom is 0.325 e. The first-order valence-corrected chi connectivity index (χ1v) is 10.2. The molecule has 156 valence electrons. The number of hydrogen-bond donors (Lipinski definition) is 2. The lowest BCUT2D eigenvalue weighted by molar-refractivity contribution is -0.140. The molecule has 1 atom stereocenters. The molecule has 3 heterocycles. The summed E-state index contributed by atoms with van der Waals surface area (Å²) in [7, 11) is 0. The van der Waals surface area contributed by atoms with Gasteiger partial charge in [0.25, 0.3) is 5.91 Å². The zero-order valence-corrected chi connectivity index (χ0v) is 17.2. The third-order valence-electron chi connectivity index (χ3n) is 7.22. The number of carbonyl (C=O) groups is 3. The number of aryl methyl sites for hydroxylation is 1. The molecule has 3 fully saturated rings. The van der Waals surface area contributed by atoms with Crippen LogP contribution >= 0.6 is 12.4 Å². The van der Waals surface area contributed by atoms with Gasteiger partial charge in [-0.3, -0.25) is 14.5 Å². The first-order chi connectivity index (χ1) is 13.5. The molecule has 1 aliphatic carbocycles. The Morgan fingerprint density at radius 3 is 2.55 bits per heavy atom. The summed E-state index contributed by atoms with van der Waals surface area (Å²) in [5.74, 6) is -0.420. The molecule has 0 radical (unpaired) electrons.